The van der Waals surface area contributed by atoms with E-state index in [0.717, 1.165) is 27.1 Å². The molecule has 0 N–H and O–H groups in total. The van der Waals surface area contributed by atoms with E-state index in [9.17, 15) is 9.59 Å². The smallest absolute Gasteiger partial charge is 0.368 e. The molecule has 3 aromatic heterocycles. The molecule has 0 bridgehead atoms. The maximum Gasteiger partial charge on any atom is 0.368 e. The molecule has 13 nitrogen and oxygen atoms in total. The van der Waals surface area contributed by atoms with Crippen LogP contribution in [0.4, 0.5) is 0 Å². The highest BCUT2D eigenvalue weighted by atomic mass is 16.5. The number of nitrogens with zero attached hydrogens (tertiary/aromatic N) is 10. The maximum absolute atomic E-state index is 13.6. The molecule has 0 saturated heterocycles. The Morgan fingerprint density at radius 3 is 2.05 bits per heavy atom. The molecule has 0 aliphatic carbocycles. The molecule has 3 heterocycles. The third kappa shape index (κ3) is 4.91. The molecule has 0 aliphatic heterocycles. The molecule has 0 atom stereocenters. The van der Waals surface area contributed by atoms with Gasteiger partial charge in [-0.25, -0.2) is 14.3 Å². The average Bonchev–Trinajstić information content (AvgIpc) is 3.69. The SMILES string of the molecule is Cc1ccc(-n2ccc(OCc3c(C)cccc3-n3nnn(Cc4c(C)cccc4-n4nnn(C)c4=O)c3=O)n2)cc1. The minimum absolute atomic E-state index is 0.0813. The molecular weight excluding hydrogens is 536 g/mol. The number of benzene rings is 3. The first-order valence-electron chi connectivity index (χ1n) is 13.3. The lowest BCUT2D eigenvalue weighted by Crippen LogP contribution is -2.27. The van der Waals surface area contributed by atoms with E-state index in [-0.39, 0.29) is 13.2 Å². The van der Waals surface area contributed by atoms with Crippen molar-refractivity contribution >= 4 is 0 Å². The summed E-state index contributed by atoms with van der Waals surface area (Å²) in [4.78, 5) is 26.1. The van der Waals surface area contributed by atoms with E-state index in [4.69, 9.17) is 4.74 Å². The zero-order valence-corrected chi connectivity index (χ0v) is 23.5. The standard InChI is InChI=1S/C29H28N10O3/c1-19-11-13-22(14-12-19)36-16-15-27(30-36)42-18-24-21(3)8-6-10-26(24)39-29(41)37(32-34-39)17-23-20(2)7-5-9-25(23)38-28(40)35(4)31-33-38/h5-16H,17-18H2,1-4H3. The highest BCUT2D eigenvalue weighted by Crippen LogP contribution is 2.21. The normalized spacial score (nSPS) is 11.2. The highest BCUT2D eigenvalue weighted by Gasteiger charge is 2.19. The van der Waals surface area contributed by atoms with Crippen molar-refractivity contribution in [3.05, 3.63) is 122 Å². The monoisotopic (exact) mass is 564 g/mol. The first-order valence-corrected chi connectivity index (χ1v) is 13.3. The summed E-state index contributed by atoms with van der Waals surface area (Å²) >= 11 is 0. The van der Waals surface area contributed by atoms with Gasteiger partial charge in [0.25, 0.3) is 0 Å². The van der Waals surface area contributed by atoms with Gasteiger partial charge in [0.2, 0.25) is 5.88 Å². The Kier molecular flexibility index (Phi) is 6.82. The predicted octanol–water partition coefficient (Wildman–Crippen LogP) is 2.45. The predicted molar refractivity (Wildman–Crippen MR) is 153 cm³/mol. The molecule has 0 radical (unpaired) electrons. The summed E-state index contributed by atoms with van der Waals surface area (Å²) in [5, 5.41) is 20.6. The van der Waals surface area contributed by atoms with Gasteiger partial charge in [0, 0.05) is 30.4 Å². The van der Waals surface area contributed by atoms with Crippen LogP contribution in [0.1, 0.15) is 27.8 Å². The molecule has 0 fully saturated rings. The van der Waals surface area contributed by atoms with Crippen molar-refractivity contribution in [3.63, 3.8) is 0 Å². The summed E-state index contributed by atoms with van der Waals surface area (Å²) in [6.07, 6.45) is 1.84. The number of ether oxygens (including phenoxy) is 1. The number of aryl methyl sites for hydroxylation is 4. The summed E-state index contributed by atoms with van der Waals surface area (Å²) in [5.41, 5.74) is 5.60. The summed E-state index contributed by atoms with van der Waals surface area (Å²) in [5.74, 6) is 0.451. The first-order chi connectivity index (χ1) is 20.3. The van der Waals surface area contributed by atoms with Crippen LogP contribution in [0.5, 0.6) is 5.88 Å². The fourth-order valence-corrected chi connectivity index (χ4v) is 4.67. The fourth-order valence-electron chi connectivity index (χ4n) is 4.67. The molecule has 0 unspecified atom stereocenters. The van der Waals surface area contributed by atoms with Gasteiger partial charge in [-0.15, -0.1) is 5.10 Å². The summed E-state index contributed by atoms with van der Waals surface area (Å²) < 4.78 is 12.6. The van der Waals surface area contributed by atoms with Gasteiger partial charge >= 0.3 is 11.4 Å². The molecule has 6 rings (SSSR count). The van der Waals surface area contributed by atoms with Crippen LogP contribution in [-0.4, -0.2) is 49.4 Å². The van der Waals surface area contributed by atoms with Crippen molar-refractivity contribution in [1.29, 1.82) is 0 Å². The van der Waals surface area contributed by atoms with Gasteiger partial charge in [-0.1, -0.05) is 42.0 Å². The zero-order chi connectivity index (χ0) is 29.4. The number of tetrazole rings is 2. The summed E-state index contributed by atoms with van der Waals surface area (Å²) in [6.45, 7) is 6.13. The van der Waals surface area contributed by atoms with Gasteiger partial charge in [-0.3, -0.25) is 0 Å². The van der Waals surface area contributed by atoms with E-state index in [1.807, 2.05) is 75.5 Å². The van der Waals surface area contributed by atoms with Crippen LogP contribution in [0.25, 0.3) is 17.1 Å². The Morgan fingerprint density at radius 1 is 0.714 bits per heavy atom. The Bertz CT molecular complexity index is 2010. The molecule has 0 saturated carbocycles. The highest BCUT2D eigenvalue weighted by molar-refractivity contribution is 5.46. The molecule has 212 valence electrons. The van der Waals surface area contributed by atoms with Crippen LogP contribution in [0.15, 0.2) is 82.5 Å². The second kappa shape index (κ2) is 10.8. The Labute approximate surface area is 239 Å². The fraction of sp³-hybridized carbons (Fsp3) is 0.207. The lowest BCUT2D eigenvalue weighted by molar-refractivity contribution is 0.290. The first kappa shape index (κ1) is 26.6. The second-order valence-electron chi connectivity index (χ2n) is 10.00. The van der Waals surface area contributed by atoms with Crippen molar-refractivity contribution in [3.8, 4) is 22.9 Å². The molecule has 42 heavy (non-hydrogen) atoms. The lowest BCUT2D eigenvalue weighted by Gasteiger charge is -2.12. The van der Waals surface area contributed by atoms with E-state index in [1.54, 1.807) is 22.9 Å². The quantitative estimate of drug-likeness (QED) is 0.275. The van der Waals surface area contributed by atoms with Crippen molar-refractivity contribution in [2.75, 3.05) is 0 Å². The van der Waals surface area contributed by atoms with E-state index in [2.05, 4.69) is 26.0 Å². The number of hydrogen-bond acceptors (Lipinski definition) is 8. The van der Waals surface area contributed by atoms with Crippen LogP contribution in [0.3, 0.4) is 0 Å². The summed E-state index contributed by atoms with van der Waals surface area (Å²) in [7, 11) is 1.52. The topological polar surface area (TPSA) is 132 Å². The van der Waals surface area contributed by atoms with Crippen molar-refractivity contribution in [2.45, 2.75) is 33.9 Å². The number of aromatic nitrogens is 10. The van der Waals surface area contributed by atoms with Gasteiger partial charge in [-0.2, -0.15) is 18.7 Å². The largest absolute Gasteiger partial charge is 0.472 e. The minimum Gasteiger partial charge on any atom is -0.472 e. The lowest BCUT2D eigenvalue weighted by atomic mass is 10.1. The van der Waals surface area contributed by atoms with E-state index >= 15 is 0 Å². The van der Waals surface area contributed by atoms with Crippen LogP contribution in [-0.2, 0) is 20.2 Å². The Balaban J connectivity index is 1.28. The molecular formula is C29H28N10O3. The van der Waals surface area contributed by atoms with Crippen molar-refractivity contribution in [2.24, 2.45) is 7.05 Å². The molecule has 0 spiro atoms. The molecule has 0 amide bonds. The van der Waals surface area contributed by atoms with Crippen LogP contribution in [0.2, 0.25) is 0 Å². The van der Waals surface area contributed by atoms with Gasteiger partial charge in [0.15, 0.2) is 0 Å². The molecule has 13 heteroatoms. The third-order valence-electron chi connectivity index (χ3n) is 7.12. The van der Waals surface area contributed by atoms with Crippen LogP contribution in [0, 0.1) is 20.8 Å². The van der Waals surface area contributed by atoms with E-state index < -0.39 is 11.4 Å². The maximum atomic E-state index is 13.6. The number of rotatable bonds is 8. The number of hydrogen-bond donors (Lipinski definition) is 0. The van der Waals surface area contributed by atoms with Crippen molar-refractivity contribution in [1.82, 2.24) is 49.4 Å². The van der Waals surface area contributed by atoms with Crippen LogP contribution < -0.4 is 16.1 Å². The average molecular weight is 565 g/mol. The van der Waals surface area contributed by atoms with E-state index in [1.165, 1.54) is 26.7 Å². The summed E-state index contributed by atoms with van der Waals surface area (Å²) in [6, 6.07) is 20.9. The van der Waals surface area contributed by atoms with Gasteiger partial charge < -0.3 is 4.74 Å². The van der Waals surface area contributed by atoms with Crippen molar-refractivity contribution < 1.29 is 4.74 Å². The minimum atomic E-state index is -0.439. The molecule has 0 aliphatic rings. The third-order valence-corrected chi connectivity index (χ3v) is 7.12. The van der Waals surface area contributed by atoms with E-state index in [0.29, 0.717) is 22.8 Å². The molecule has 6 aromatic rings. The van der Waals surface area contributed by atoms with Gasteiger partial charge in [0.05, 0.1) is 23.6 Å². The molecule has 3 aromatic carbocycles. The Hall–Kier alpha value is -5.59. The second-order valence-corrected chi connectivity index (χ2v) is 10.00. The Morgan fingerprint density at radius 2 is 1.36 bits per heavy atom. The zero-order valence-electron chi connectivity index (χ0n) is 23.5. The van der Waals surface area contributed by atoms with Gasteiger partial charge in [-0.05, 0) is 77.0 Å². The van der Waals surface area contributed by atoms with Crippen LogP contribution >= 0.6 is 0 Å². The van der Waals surface area contributed by atoms with Gasteiger partial charge in [0.1, 0.15) is 6.61 Å².